The summed E-state index contributed by atoms with van der Waals surface area (Å²) >= 11 is 0. The van der Waals surface area contributed by atoms with Crippen LogP contribution < -0.4 is 15.1 Å². The minimum absolute atomic E-state index is 0.0753. The standard InChI is InChI=1S/C30H30N6O2/c1-33-15-17-34(18-16-33)28-13-10-23(19-31-28)29(37)32-25-11-8-22(9-12-25)30(38)36-21-26-6-4-14-35(26)20-24-5-2-3-7-27(24)36/h2-14,19H,15-18,20-21H2,1H3,(H,32,37). The second-order valence-corrected chi connectivity index (χ2v) is 9.87. The number of hydrogen-bond acceptors (Lipinski definition) is 5. The number of nitrogens with one attached hydrogen (secondary N) is 1. The van der Waals surface area contributed by atoms with Crippen LogP contribution >= 0.6 is 0 Å². The molecule has 2 aliphatic rings. The molecule has 6 rings (SSSR count). The van der Waals surface area contributed by atoms with Gasteiger partial charge in [0.05, 0.1) is 12.1 Å². The maximum atomic E-state index is 13.6. The van der Waals surface area contributed by atoms with E-state index in [0.717, 1.165) is 55.5 Å². The van der Waals surface area contributed by atoms with Crippen molar-refractivity contribution in [2.24, 2.45) is 0 Å². The van der Waals surface area contributed by atoms with E-state index in [0.29, 0.717) is 23.4 Å². The largest absolute Gasteiger partial charge is 0.354 e. The highest BCUT2D eigenvalue weighted by atomic mass is 16.2. The van der Waals surface area contributed by atoms with Crippen LogP contribution in [0.1, 0.15) is 32.0 Å². The Morgan fingerprint density at radius 1 is 0.816 bits per heavy atom. The average molecular weight is 507 g/mol. The van der Waals surface area contributed by atoms with Crippen molar-refractivity contribution in [1.29, 1.82) is 0 Å². The monoisotopic (exact) mass is 506 g/mol. The highest BCUT2D eigenvalue weighted by Gasteiger charge is 2.24. The first kappa shape index (κ1) is 23.9. The van der Waals surface area contributed by atoms with Crippen molar-refractivity contribution in [3.8, 4) is 0 Å². The first-order valence-electron chi connectivity index (χ1n) is 12.9. The lowest BCUT2D eigenvalue weighted by atomic mass is 10.1. The molecule has 0 radical (unpaired) electrons. The van der Waals surface area contributed by atoms with E-state index < -0.39 is 0 Å². The minimum Gasteiger partial charge on any atom is -0.354 e. The van der Waals surface area contributed by atoms with Crippen LogP contribution in [0.15, 0.2) is 85.2 Å². The van der Waals surface area contributed by atoms with Crippen LogP contribution in [0, 0.1) is 0 Å². The number of nitrogens with zero attached hydrogens (tertiary/aromatic N) is 5. The van der Waals surface area contributed by atoms with Crippen molar-refractivity contribution in [2.75, 3.05) is 48.3 Å². The molecule has 0 aliphatic carbocycles. The van der Waals surface area contributed by atoms with E-state index in [1.54, 1.807) is 36.5 Å². The van der Waals surface area contributed by atoms with E-state index in [-0.39, 0.29) is 11.8 Å². The summed E-state index contributed by atoms with van der Waals surface area (Å²) in [6.45, 7) is 5.09. The molecule has 1 saturated heterocycles. The van der Waals surface area contributed by atoms with Crippen LogP contribution in [0.4, 0.5) is 17.2 Å². The molecule has 1 fully saturated rings. The fourth-order valence-corrected chi connectivity index (χ4v) is 5.07. The number of para-hydroxylation sites is 1. The van der Waals surface area contributed by atoms with Gasteiger partial charge in [0.1, 0.15) is 5.82 Å². The number of rotatable bonds is 4. The first-order chi connectivity index (χ1) is 18.5. The zero-order valence-electron chi connectivity index (χ0n) is 21.4. The van der Waals surface area contributed by atoms with Crippen molar-refractivity contribution >= 4 is 29.0 Å². The van der Waals surface area contributed by atoms with Gasteiger partial charge in [-0.1, -0.05) is 18.2 Å². The number of piperazine rings is 1. The van der Waals surface area contributed by atoms with Crippen molar-refractivity contribution in [3.63, 3.8) is 0 Å². The molecule has 2 aromatic carbocycles. The topological polar surface area (TPSA) is 73.7 Å². The lowest BCUT2D eigenvalue weighted by Crippen LogP contribution is -2.44. The van der Waals surface area contributed by atoms with Crippen LogP contribution in [-0.4, -0.2) is 59.5 Å². The molecule has 0 saturated carbocycles. The van der Waals surface area contributed by atoms with E-state index in [1.807, 2.05) is 41.4 Å². The summed E-state index contributed by atoms with van der Waals surface area (Å²) in [6.07, 6.45) is 3.67. The Labute approximate surface area is 222 Å². The summed E-state index contributed by atoms with van der Waals surface area (Å²) in [6, 6.07) is 22.9. The molecule has 0 atom stereocenters. The number of aromatic nitrogens is 2. The third-order valence-corrected chi connectivity index (χ3v) is 7.34. The Morgan fingerprint density at radius 2 is 1.58 bits per heavy atom. The summed E-state index contributed by atoms with van der Waals surface area (Å²) < 4.78 is 2.18. The predicted molar refractivity (Wildman–Crippen MR) is 149 cm³/mol. The van der Waals surface area contributed by atoms with Crippen molar-refractivity contribution in [2.45, 2.75) is 13.1 Å². The number of likely N-dealkylation sites (N-methyl/N-ethyl adjacent to an activating group) is 1. The molecular weight excluding hydrogens is 476 g/mol. The minimum atomic E-state index is -0.233. The van der Waals surface area contributed by atoms with Crippen LogP contribution in [0.3, 0.4) is 0 Å². The van der Waals surface area contributed by atoms with Crippen molar-refractivity contribution in [1.82, 2.24) is 14.5 Å². The second-order valence-electron chi connectivity index (χ2n) is 9.87. The number of carbonyl (C=O) groups excluding carboxylic acids is 2. The predicted octanol–water partition coefficient (Wildman–Crippen LogP) is 4.10. The number of pyridine rings is 1. The number of hydrogen-bond donors (Lipinski definition) is 1. The van der Waals surface area contributed by atoms with Crippen LogP contribution in [0.2, 0.25) is 0 Å². The number of anilines is 3. The number of fused-ring (bicyclic) bond motifs is 2. The fraction of sp³-hybridized carbons (Fsp3) is 0.233. The molecule has 8 heteroatoms. The van der Waals surface area contributed by atoms with Gasteiger partial charge in [-0.15, -0.1) is 0 Å². The van der Waals surface area contributed by atoms with E-state index in [2.05, 4.69) is 43.8 Å². The molecule has 8 nitrogen and oxygen atoms in total. The zero-order valence-corrected chi connectivity index (χ0v) is 21.4. The van der Waals surface area contributed by atoms with Gasteiger partial charge in [0, 0.05) is 67.7 Å². The molecule has 38 heavy (non-hydrogen) atoms. The van der Waals surface area contributed by atoms with E-state index >= 15 is 0 Å². The SMILES string of the molecule is CN1CCN(c2ccc(C(=O)Nc3ccc(C(=O)N4Cc5cccn5Cc5ccccc54)cc3)cn2)CC1. The van der Waals surface area contributed by atoms with Crippen molar-refractivity contribution in [3.05, 3.63) is 108 Å². The van der Waals surface area contributed by atoms with Crippen LogP contribution in [-0.2, 0) is 13.1 Å². The van der Waals surface area contributed by atoms with Crippen LogP contribution in [0.25, 0.3) is 0 Å². The van der Waals surface area contributed by atoms with Crippen LogP contribution in [0.5, 0.6) is 0 Å². The Balaban J connectivity index is 1.14. The van der Waals surface area contributed by atoms with E-state index in [9.17, 15) is 9.59 Å². The van der Waals surface area contributed by atoms with Gasteiger partial charge < -0.3 is 24.6 Å². The summed E-state index contributed by atoms with van der Waals surface area (Å²) in [5.41, 5.74) is 4.80. The molecule has 0 spiro atoms. The molecule has 4 aromatic rings. The van der Waals surface area contributed by atoms with Gasteiger partial charge in [-0.25, -0.2) is 4.98 Å². The maximum absolute atomic E-state index is 13.6. The third-order valence-electron chi connectivity index (χ3n) is 7.34. The van der Waals surface area contributed by atoms with Gasteiger partial charge in [0.2, 0.25) is 0 Å². The fourth-order valence-electron chi connectivity index (χ4n) is 5.07. The lowest BCUT2D eigenvalue weighted by molar-refractivity contribution is 0.0983. The number of benzene rings is 2. The highest BCUT2D eigenvalue weighted by molar-refractivity contribution is 6.07. The normalized spacial score (nSPS) is 15.4. The van der Waals surface area contributed by atoms with Crippen molar-refractivity contribution < 1.29 is 9.59 Å². The molecule has 4 heterocycles. The summed E-state index contributed by atoms with van der Waals surface area (Å²) in [5, 5.41) is 2.92. The summed E-state index contributed by atoms with van der Waals surface area (Å²) in [5.74, 6) is 0.581. The summed E-state index contributed by atoms with van der Waals surface area (Å²) in [7, 11) is 2.12. The highest BCUT2D eigenvalue weighted by Crippen LogP contribution is 2.29. The van der Waals surface area contributed by atoms with E-state index in [4.69, 9.17) is 0 Å². The zero-order chi connectivity index (χ0) is 26.1. The Hall–Kier alpha value is -4.43. The molecular formula is C30H30N6O2. The molecule has 0 bridgehead atoms. The Kier molecular flexibility index (Phi) is 6.39. The molecule has 2 aliphatic heterocycles. The van der Waals surface area contributed by atoms with E-state index in [1.165, 1.54) is 0 Å². The smallest absolute Gasteiger partial charge is 0.258 e. The maximum Gasteiger partial charge on any atom is 0.258 e. The van der Waals surface area contributed by atoms with Gasteiger partial charge in [0.15, 0.2) is 0 Å². The van der Waals surface area contributed by atoms with Gasteiger partial charge in [0.25, 0.3) is 11.8 Å². The van der Waals surface area contributed by atoms with Gasteiger partial charge >= 0.3 is 0 Å². The summed E-state index contributed by atoms with van der Waals surface area (Å²) in [4.78, 5) is 37.3. The molecule has 2 aromatic heterocycles. The number of amides is 2. The lowest BCUT2D eigenvalue weighted by Gasteiger charge is -2.33. The first-order valence-corrected chi connectivity index (χ1v) is 12.9. The quantitative estimate of drug-likeness (QED) is 0.451. The second kappa shape index (κ2) is 10.1. The Morgan fingerprint density at radius 3 is 2.34 bits per heavy atom. The average Bonchev–Trinajstić information content (AvgIpc) is 3.32. The van der Waals surface area contributed by atoms with Gasteiger partial charge in [-0.3, -0.25) is 9.59 Å². The Bertz CT molecular complexity index is 1450. The van der Waals surface area contributed by atoms with Gasteiger partial charge in [-0.05, 0) is 67.2 Å². The molecule has 192 valence electrons. The van der Waals surface area contributed by atoms with Gasteiger partial charge in [-0.2, -0.15) is 0 Å². The number of carbonyl (C=O) groups is 2. The molecule has 2 amide bonds. The molecule has 1 N–H and O–H groups in total. The molecule has 0 unspecified atom stereocenters. The third kappa shape index (κ3) is 4.78.